The van der Waals surface area contributed by atoms with E-state index in [2.05, 4.69) is 5.32 Å². The zero-order chi connectivity index (χ0) is 9.84. The standard InChI is InChI=1S/C10H14ClNO/c1-7(2)13-10-8(11)5-4-6-9(10)12-3/h4-7,12H,1-3H3. The van der Waals surface area contributed by atoms with Crippen LogP contribution < -0.4 is 10.1 Å². The highest BCUT2D eigenvalue weighted by Crippen LogP contribution is 2.33. The van der Waals surface area contributed by atoms with Gasteiger partial charge in [0, 0.05) is 7.05 Å². The van der Waals surface area contributed by atoms with Crippen molar-refractivity contribution in [1.29, 1.82) is 0 Å². The van der Waals surface area contributed by atoms with Crippen LogP contribution in [0.5, 0.6) is 5.75 Å². The lowest BCUT2D eigenvalue weighted by atomic mass is 10.3. The van der Waals surface area contributed by atoms with Crippen molar-refractivity contribution in [3.63, 3.8) is 0 Å². The Hall–Kier alpha value is -0.890. The number of nitrogens with one attached hydrogen (secondary N) is 1. The summed E-state index contributed by atoms with van der Waals surface area (Å²) in [6.07, 6.45) is 0.131. The van der Waals surface area contributed by atoms with E-state index in [0.29, 0.717) is 5.02 Å². The minimum absolute atomic E-state index is 0.131. The van der Waals surface area contributed by atoms with Crippen LogP contribution >= 0.6 is 11.6 Å². The summed E-state index contributed by atoms with van der Waals surface area (Å²) in [5.41, 5.74) is 0.918. The number of anilines is 1. The van der Waals surface area contributed by atoms with Crippen molar-refractivity contribution in [2.45, 2.75) is 20.0 Å². The summed E-state index contributed by atoms with van der Waals surface area (Å²) in [7, 11) is 1.85. The van der Waals surface area contributed by atoms with Gasteiger partial charge in [-0.15, -0.1) is 0 Å². The van der Waals surface area contributed by atoms with Crippen LogP contribution in [-0.4, -0.2) is 13.2 Å². The molecule has 0 saturated carbocycles. The van der Waals surface area contributed by atoms with Gasteiger partial charge in [0.25, 0.3) is 0 Å². The molecule has 2 nitrogen and oxygen atoms in total. The minimum Gasteiger partial charge on any atom is -0.487 e. The molecule has 1 aromatic rings. The molecule has 0 bridgehead atoms. The van der Waals surface area contributed by atoms with Crippen LogP contribution in [0.15, 0.2) is 18.2 Å². The highest BCUT2D eigenvalue weighted by Gasteiger charge is 2.08. The lowest BCUT2D eigenvalue weighted by molar-refractivity contribution is 0.244. The Morgan fingerprint density at radius 2 is 2.08 bits per heavy atom. The van der Waals surface area contributed by atoms with Crippen molar-refractivity contribution in [1.82, 2.24) is 0 Å². The lowest BCUT2D eigenvalue weighted by Gasteiger charge is -2.15. The molecule has 0 atom stereocenters. The van der Waals surface area contributed by atoms with Crippen LogP contribution in [0.4, 0.5) is 5.69 Å². The molecular weight excluding hydrogens is 186 g/mol. The highest BCUT2D eigenvalue weighted by molar-refractivity contribution is 6.32. The molecule has 0 spiro atoms. The first-order chi connectivity index (χ1) is 6.15. The molecule has 72 valence electrons. The van der Waals surface area contributed by atoms with Gasteiger partial charge in [-0.25, -0.2) is 0 Å². The van der Waals surface area contributed by atoms with Gasteiger partial charge >= 0.3 is 0 Å². The fourth-order valence-corrected chi connectivity index (χ4v) is 1.28. The van der Waals surface area contributed by atoms with E-state index in [1.165, 1.54) is 0 Å². The predicted octanol–water partition coefficient (Wildman–Crippen LogP) is 3.17. The second kappa shape index (κ2) is 4.38. The van der Waals surface area contributed by atoms with E-state index in [1.54, 1.807) is 0 Å². The highest BCUT2D eigenvalue weighted by atomic mass is 35.5. The molecule has 13 heavy (non-hydrogen) atoms. The second-order valence-electron chi connectivity index (χ2n) is 3.03. The summed E-state index contributed by atoms with van der Waals surface area (Å²) in [5.74, 6) is 0.724. The van der Waals surface area contributed by atoms with Gasteiger partial charge in [-0.3, -0.25) is 0 Å². The van der Waals surface area contributed by atoms with Gasteiger partial charge < -0.3 is 10.1 Å². The Labute approximate surface area is 83.9 Å². The van der Waals surface area contributed by atoms with E-state index in [9.17, 15) is 0 Å². The van der Waals surface area contributed by atoms with Crippen LogP contribution in [0, 0.1) is 0 Å². The summed E-state index contributed by atoms with van der Waals surface area (Å²) < 4.78 is 5.57. The number of halogens is 1. The van der Waals surface area contributed by atoms with Gasteiger partial charge in [-0.1, -0.05) is 17.7 Å². The molecule has 0 amide bonds. The van der Waals surface area contributed by atoms with Crippen molar-refractivity contribution in [3.05, 3.63) is 23.2 Å². The van der Waals surface area contributed by atoms with Gasteiger partial charge in [0.2, 0.25) is 0 Å². The van der Waals surface area contributed by atoms with E-state index < -0.39 is 0 Å². The number of ether oxygens (including phenoxy) is 1. The maximum atomic E-state index is 5.99. The van der Waals surface area contributed by atoms with Crippen molar-refractivity contribution in [2.24, 2.45) is 0 Å². The molecule has 0 aromatic heterocycles. The average Bonchev–Trinajstić information content (AvgIpc) is 2.08. The fourth-order valence-electron chi connectivity index (χ4n) is 1.06. The average molecular weight is 200 g/mol. The SMILES string of the molecule is CNc1cccc(Cl)c1OC(C)C. The Morgan fingerprint density at radius 3 is 2.62 bits per heavy atom. The molecule has 0 aliphatic rings. The van der Waals surface area contributed by atoms with Gasteiger partial charge in [0.15, 0.2) is 5.75 Å². The third-order valence-corrected chi connectivity index (χ3v) is 1.89. The maximum Gasteiger partial charge on any atom is 0.161 e. The quantitative estimate of drug-likeness (QED) is 0.808. The smallest absolute Gasteiger partial charge is 0.161 e. The van der Waals surface area contributed by atoms with E-state index in [1.807, 2.05) is 39.1 Å². The lowest BCUT2D eigenvalue weighted by Crippen LogP contribution is -2.07. The van der Waals surface area contributed by atoms with Gasteiger partial charge in [0.1, 0.15) is 0 Å². The fraction of sp³-hybridized carbons (Fsp3) is 0.400. The van der Waals surface area contributed by atoms with Crippen molar-refractivity contribution in [2.75, 3.05) is 12.4 Å². The van der Waals surface area contributed by atoms with E-state index in [0.717, 1.165) is 11.4 Å². The first-order valence-corrected chi connectivity index (χ1v) is 4.66. The van der Waals surface area contributed by atoms with Crippen molar-refractivity contribution >= 4 is 17.3 Å². The van der Waals surface area contributed by atoms with Crippen LogP contribution in [-0.2, 0) is 0 Å². The molecule has 0 heterocycles. The first-order valence-electron chi connectivity index (χ1n) is 4.28. The zero-order valence-corrected chi connectivity index (χ0v) is 8.85. The number of rotatable bonds is 3. The van der Waals surface area contributed by atoms with Gasteiger partial charge in [-0.05, 0) is 26.0 Å². The molecule has 0 fully saturated rings. The van der Waals surface area contributed by atoms with E-state index >= 15 is 0 Å². The number of benzene rings is 1. The summed E-state index contributed by atoms with van der Waals surface area (Å²) in [6, 6.07) is 5.64. The van der Waals surface area contributed by atoms with Gasteiger partial charge in [-0.2, -0.15) is 0 Å². The summed E-state index contributed by atoms with van der Waals surface area (Å²) in [4.78, 5) is 0. The van der Waals surface area contributed by atoms with Crippen molar-refractivity contribution in [3.8, 4) is 5.75 Å². The largest absolute Gasteiger partial charge is 0.487 e. The minimum atomic E-state index is 0.131. The number of hydrogen-bond donors (Lipinski definition) is 1. The summed E-state index contributed by atoms with van der Waals surface area (Å²) in [6.45, 7) is 3.95. The second-order valence-corrected chi connectivity index (χ2v) is 3.44. The molecule has 0 unspecified atom stereocenters. The Bertz CT molecular complexity index is 286. The van der Waals surface area contributed by atoms with Crippen molar-refractivity contribution < 1.29 is 4.74 Å². The molecule has 0 saturated heterocycles. The molecule has 3 heteroatoms. The Kier molecular flexibility index (Phi) is 3.43. The molecule has 1 rings (SSSR count). The Balaban J connectivity index is 3.00. The van der Waals surface area contributed by atoms with E-state index in [-0.39, 0.29) is 6.10 Å². The summed E-state index contributed by atoms with van der Waals surface area (Å²) in [5, 5.41) is 3.67. The Morgan fingerprint density at radius 1 is 1.38 bits per heavy atom. The maximum absolute atomic E-state index is 5.99. The third kappa shape index (κ3) is 2.52. The number of para-hydroxylation sites is 1. The molecule has 0 radical (unpaired) electrons. The normalized spacial score (nSPS) is 10.2. The summed E-state index contributed by atoms with van der Waals surface area (Å²) >= 11 is 5.99. The van der Waals surface area contributed by atoms with E-state index in [4.69, 9.17) is 16.3 Å². The molecule has 0 aliphatic heterocycles. The van der Waals surface area contributed by atoms with Crippen LogP contribution in [0.3, 0.4) is 0 Å². The molecule has 0 aliphatic carbocycles. The zero-order valence-electron chi connectivity index (χ0n) is 8.10. The third-order valence-electron chi connectivity index (χ3n) is 1.59. The van der Waals surface area contributed by atoms with Crippen LogP contribution in [0.25, 0.3) is 0 Å². The monoisotopic (exact) mass is 199 g/mol. The number of hydrogen-bond acceptors (Lipinski definition) is 2. The van der Waals surface area contributed by atoms with Crippen LogP contribution in [0.2, 0.25) is 5.02 Å². The van der Waals surface area contributed by atoms with Crippen LogP contribution in [0.1, 0.15) is 13.8 Å². The molecular formula is C10H14ClNO. The predicted molar refractivity (Wildman–Crippen MR) is 56.8 cm³/mol. The molecule has 1 aromatic carbocycles. The molecule has 1 N–H and O–H groups in total. The topological polar surface area (TPSA) is 21.3 Å². The first kappa shape index (κ1) is 10.2. The van der Waals surface area contributed by atoms with Gasteiger partial charge in [0.05, 0.1) is 16.8 Å².